The third kappa shape index (κ3) is 4.47. The van der Waals surface area contributed by atoms with Crippen molar-refractivity contribution in [1.82, 2.24) is 10.2 Å². The monoisotopic (exact) mass is 229 g/mol. The molecular formula is C11H23N3O2. The van der Waals surface area contributed by atoms with E-state index in [0.29, 0.717) is 13.2 Å². The van der Waals surface area contributed by atoms with Crippen LogP contribution in [-0.4, -0.2) is 55.7 Å². The van der Waals surface area contributed by atoms with Crippen LogP contribution in [0.2, 0.25) is 0 Å². The van der Waals surface area contributed by atoms with Crippen molar-refractivity contribution in [3.05, 3.63) is 0 Å². The van der Waals surface area contributed by atoms with Crippen LogP contribution in [0.25, 0.3) is 0 Å². The molecule has 0 spiro atoms. The number of nitrogens with zero attached hydrogens (tertiary/aromatic N) is 1. The second kappa shape index (κ2) is 6.83. The third-order valence-corrected chi connectivity index (χ3v) is 2.81. The standard InChI is InChI=1S/C11H23N3O2/c1-3-16-11(6-12)8-14-5-4-10(7-14)13-9(2)15/h10-11H,3-8,12H2,1-2H3,(H,13,15). The molecule has 5 nitrogen and oxygen atoms in total. The Morgan fingerprint density at radius 1 is 1.69 bits per heavy atom. The van der Waals surface area contributed by atoms with Gasteiger partial charge in [0.25, 0.3) is 0 Å². The van der Waals surface area contributed by atoms with E-state index in [1.807, 2.05) is 6.92 Å². The van der Waals surface area contributed by atoms with Crippen molar-refractivity contribution in [2.75, 3.05) is 32.8 Å². The summed E-state index contributed by atoms with van der Waals surface area (Å²) in [6.07, 6.45) is 1.13. The maximum absolute atomic E-state index is 10.9. The van der Waals surface area contributed by atoms with Gasteiger partial charge in [-0.2, -0.15) is 0 Å². The average molecular weight is 229 g/mol. The van der Waals surface area contributed by atoms with E-state index >= 15 is 0 Å². The molecule has 1 aliphatic rings. The zero-order valence-corrected chi connectivity index (χ0v) is 10.2. The molecule has 1 heterocycles. The number of rotatable bonds is 6. The van der Waals surface area contributed by atoms with Crippen molar-refractivity contribution >= 4 is 5.91 Å². The number of hydrogen-bond acceptors (Lipinski definition) is 4. The minimum absolute atomic E-state index is 0.0482. The topological polar surface area (TPSA) is 67.6 Å². The lowest BCUT2D eigenvalue weighted by molar-refractivity contribution is -0.119. The van der Waals surface area contributed by atoms with Crippen LogP contribution in [0.4, 0.5) is 0 Å². The summed E-state index contributed by atoms with van der Waals surface area (Å²) in [5.74, 6) is 0.0482. The van der Waals surface area contributed by atoms with Gasteiger partial charge in [0.15, 0.2) is 0 Å². The summed E-state index contributed by atoms with van der Waals surface area (Å²) < 4.78 is 5.52. The second-order valence-electron chi connectivity index (χ2n) is 4.26. The Balaban J connectivity index is 2.26. The van der Waals surface area contributed by atoms with Crippen molar-refractivity contribution in [2.45, 2.75) is 32.4 Å². The third-order valence-electron chi connectivity index (χ3n) is 2.81. The maximum Gasteiger partial charge on any atom is 0.217 e. The van der Waals surface area contributed by atoms with Crippen molar-refractivity contribution in [2.24, 2.45) is 5.73 Å². The first kappa shape index (κ1) is 13.4. The van der Waals surface area contributed by atoms with Crippen molar-refractivity contribution in [3.8, 4) is 0 Å². The van der Waals surface area contributed by atoms with Gasteiger partial charge in [-0.1, -0.05) is 0 Å². The quantitative estimate of drug-likeness (QED) is 0.648. The van der Waals surface area contributed by atoms with Crippen LogP contribution >= 0.6 is 0 Å². The van der Waals surface area contributed by atoms with Gasteiger partial charge < -0.3 is 15.8 Å². The molecule has 0 radical (unpaired) electrons. The largest absolute Gasteiger partial charge is 0.376 e. The zero-order chi connectivity index (χ0) is 12.0. The van der Waals surface area contributed by atoms with E-state index in [-0.39, 0.29) is 18.1 Å². The molecule has 1 aliphatic heterocycles. The van der Waals surface area contributed by atoms with E-state index in [4.69, 9.17) is 10.5 Å². The molecule has 0 aromatic heterocycles. The number of nitrogens with two attached hydrogens (primary N) is 1. The van der Waals surface area contributed by atoms with E-state index in [0.717, 1.165) is 26.1 Å². The Bertz CT molecular complexity index is 223. The average Bonchev–Trinajstić information content (AvgIpc) is 2.64. The van der Waals surface area contributed by atoms with Crippen molar-refractivity contribution < 1.29 is 9.53 Å². The Morgan fingerprint density at radius 3 is 3.00 bits per heavy atom. The summed E-state index contributed by atoms with van der Waals surface area (Å²) in [6.45, 7) is 7.57. The number of carbonyl (C=O) groups excluding carboxylic acids is 1. The highest BCUT2D eigenvalue weighted by Gasteiger charge is 2.24. The summed E-state index contributed by atoms with van der Waals surface area (Å²) in [5.41, 5.74) is 5.63. The van der Waals surface area contributed by atoms with Gasteiger partial charge in [0.2, 0.25) is 5.91 Å². The van der Waals surface area contributed by atoms with Gasteiger partial charge in [-0.15, -0.1) is 0 Å². The fourth-order valence-electron chi connectivity index (χ4n) is 2.12. The van der Waals surface area contributed by atoms with Crippen LogP contribution in [0.5, 0.6) is 0 Å². The molecule has 1 amide bonds. The normalized spacial score (nSPS) is 23.3. The van der Waals surface area contributed by atoms with E-state index in [9.17, 15) is 4.79 Å². The molecule has 5 heteroatoms. The number of ether oxygens (including phenoxy) is 1. The molecule has 1 saturated heterocycles. The van der Waals surface area contributed by atoms with E-state index in [1.54, 1.807) is 6.92 Å². The summed E-state index contributed by atoms with van der Waals surface area (Å²) in [4.78, 5) is 13.2. The van der Waals surface area contributed by atoms with E-state index in [1.165, 1.54) is 0 Å². The summed E-state index contributed by atoms with van der Waals surface area (Å²) >= 11 is 0. The molecule has 16 heavy (non-hydrogen) atoms. The smallest absolute Gasteiger partial charge is 0.217 e. The lowest BCUT2D eigenvalue weighted by atomic mass is 10.2. The molecule has 2 atom stereocenters. The van der Waals surface area contributed by atoms with E-state index < -0.39 is 0 Å². The number of likely N-dealkylation sites (tertiary alicyclic amines) is 1. The van der Waals surface area contributed by atoms with Gasteiger partial charge in [-0.05, 0) is 13.3 Å². The summed E-state index contributed by atoms with van der Waals surface area (Å²) in [5, 5.41) is 2.94. The maximum atomic E-state index is 10.9. The van der Waals surface area contributed by atoms with Gasteiger partial charge in [0, 0.05) is 45.8 Å². The van der Waals surface area contributed by atoms with E-state index in [2.05, 4.69) is 10.2 Å². The Morgan fingerprint density at radius 2 is 2.44 bits per heavy atom. The van der Waals surface area contributed by atoms with Gasteiger partial charge in [-0.25, -0.2) is 0 Å². The van der Waals surface area contributed by atoms with Gasteiger partial charge in [-0.3, -0.25) is 9.69 Å². The number of nitrogens with one attached hydrogen (secondary N) is 1. The molecule has 0 aliphatic carbocycles. The minimum atomic E-state index is 0.0482. The number of amides is 1. The minimum Gasteiger partial charge on any atom is -0.376 e. The van der Waals surface area contributed by atoms with Crippen LogP contribution in [0.3, 0.4) is 0 Å². The first-order valence-electron chi connectivity index (χ1n) is 5.96. The Labute approximate surface area is 97.3 Å². The molecule has 94 valence electrons. The Hall–Kier alpha value is -0.650. The van der Waals surface area contributed by atoms with Crippen molar-refractivity contribution in [1.29, 1.82) is 0 Å². The first-order valence-corrected chi connectivity index (χ1v) is 5.96. The lowest BCUT2D eigenvalue weighted by Gasteiger charge is -2.22. The highest BCUT2D eigenvalue weighted by molar-refractivity contribution is 5.73. The molecule has 1 rings (SSSR count). The highest BCUT2D eigenvalue weighted by atomic mass is 16.5. The fourth-order valence-corrected chi connectivity index (χ4v) is 2.12. The molecule has 0 saturated carbocycles. The van der Waals surface area contributed by atoms with Crippen LogP contribution in [0, 0.1) is 0 Å². The summed E-state index contributed by atoms with van der Waals surface area (Å²) in [6, 6.07) is 0.289. The summed E-state index contributed by atoms with van der Waals surface area (Å²) in [7, 11) is 0. The predicted octanol–water partition coefficient (Wildman–Crippen LogP) is -0.439. The zero-order valence-electron chi connectivity index (χ0n) is 10.2. The van der Waals surface area contributed by atoms with Crippen LogP contribution in [0.1, 0.15) is 20.3 Å². The van der Waals surface area contributed by atoms with Gasteiger partial charge >= 0.3 is 0 Å². The lowest BCUT2D eigenvalue weighted by Crippen LogP contribution is -2.40. The molecular weight excluding hydrogens is 206 g/mol. The van der Waals surface area contributed by atoms with Gasteiger partial charge in [0.1, 0.15) is 0 Å². The Kier molecular flexibility index (Phi) is 5.73. The molecule has 3 N–H and O–H groups in total. The van der Waals surface area contributed by atoms with Crippen LogP contribution in [-0.2, 0) is 9.53 Å². The predicted molar refractivity (Wildman–Crippen MR) is 63.1 cm³/mol. The SMILES string of the molecule is CCOC(CN)CN1CCC(NC(C)=O)C1. The van der Waals surface area contributed by atoms with Crippen molar-refractivity contribution in [3.63, 3.8) is 0 Å². The molecule has 0 aromatic rings. The second-order valence-corrected chi connectivity index (χ2v) is 4.26. The first-order chi connectivity index (χ1) is 7.65. The van der Waals surface area contributed by atoms with Crippen LogP contribution < -0.4 is 11.1 Å². The highest BCUT2D eigenvalue weighted by Crippen LogP contribution is 2.10. The van der Waals surface area contributed by atoms with Gasteiger partial charge in [0.05, 0.1) is 6.10 Å². The molecule has 0 bridgehead atoms. The molecule has 1 fully saturated rings. The molecule has 2 unspecified atom stereocenters. The number of carbonyl (C=O) groups is 1. The fraction of sp³-hybridized carbons (Fsp3) is 0.909. The number of hydrogen-bond donors (Lipinski definition) is 2. The van der Waals surface area contributed by atoms with Crippen LogP contribution in [0.15, 0.2) is 0 Å². The molecule has 0 aromatic carbocycles.